The monoisotopic (exact) mass is 257 g/mol. The van der Waals surface area contributed by atoms with Crippen molar-refractivity contribution in [3.8, 4) is 0 Å². The van der Waals surface area contributed by atoms with Gasteiger partial charge in [0.2, 0.25) is 11.8 Å². The first-order chi connectivity index (χ1) is 8.14. The first-order valence-corrected chi connectivity index (χ1v) is 5.43. The minimum Gasteiger partial charge on any atom is -0.481 e. The molecule has 18 heavy (non-hydrogen) atoms. The van der Waals surface area contributed by atoms with Crippen LogP contribution < -0.4 is 0 Å². The summed E-state index contributed by atoms with van der Waals surface area (Å²) in [6, 6.07) is -1.63. The van der Waals surface area contributed by atoms with Gasteiger partial charge in [-0.05, 0) is 5.41 Å². The average Bonchev–Trinajstić information content (AvgIpc) is 2.11. The van der Waals surface area contributed by atoms with Gasteiger partial charge in [0, 0.05) is 12.8 Å². The third-order valence-electron chi connectivity index (χ3n) is 2.76. The molecular formula is C11H15NO6. The van der Waals surface area contributed by atoms with Crippen molar-refractivity contribution in [2.24, 2.45) is 5.41 Å². The SMILES string of the molecule is CC1(C)CC(=O)N(C(CC(=O)O)C(=O)O)C(=O)C1. The number of imide groups is 1. The molecule has 1 atom stereocenters. The zero-order chi connectivity index (χ0) is 14.1. The average molecular weight is 257 g/mol. The lowest BCUT2D eigenvalue weighted by Gasteiger charge is -2.37. The van der Waals surface area contributed by atoms with E-state index in [4.69, 9.17) is 10.2 Å². The molecule has 0 radical (unpaired) electrons. The first-order valence-electron chi connectivity index (χ1n) is 5.43. The van der Waals surface area contributed by atoms with Crippen LogP contribution in [0.3, 0.4) is 0 Å². The Balaban J connectivity index is 2.98. The van der Waals surface area contributed by atoms with Crippen LogP contribution in [0.2, 0.25) is 0 Å². The predicted octanol–water partition coefficient (Wildman–Crippen LogP) is 0.0895. The molecule has 0 saturated carbocycles. The second-order valence-corrected chi connectivity index (χ2v) is 5.13. The van der Waals surface area contributed by atoms with Gasteiger partial charge in [-0.25, -0.2) is 4.79 Å². The molecule has 0 aromatic rings. The highest BCUT2D eigenvalue weighted by molar-refractivity contribution is 6.02. The molecular weight excluding hydrogens is 242 g/mol. The fourth-order valence-corrected chi connectivity index (χ4v) is 1.99. The van der Waals surface area contributed by atoms with Crippen LogP contribution in [-0.4, -0.2) is 44.9 Å². The molecule has 1 aliphatic rings. The van der Waals surface area contributed by atoms with E-state index in [1.165, 1.54) is 0 Å². The molecule has 0 aromatic carbocycles. The van der Waals surface area contributed by atoms with Gasteiger partial charge in [-0.2, -0.15) is 0 Å². The molecule has 1 saturated heterocycles. The van der Waals surface area contributed by atoms with Crippen molar-refractivity contribution in [1.82, 2.24) is 4.90 Å². The van der Waals surface area contributed by atoms with Gasteiger partial charge in [-0.1, -0.05) is 13.8 Å². The Hall–Kier alpha value is -1.92. The fourth-order valence-electron chi connectivity index (χ4n) is 1.99. The maximum Gasteiger partial charge on any atom is 0.327 e. The fraction of sp³-hybridized carbons (Fsp3) is 0.636. The number of rotatable bonds is 4. The second kappa shape index (κ2) is 4.75. The smallest absolute Gasteiger partial charge is 0.327 e. The van der Waals surface area contributed by atoms with Crippen LogP contribution in [0, 0.1) is 5.41 Å². The van der Waals surface area contributed by atoms with E-state index in [1.807, 2.05) is 0 Å². The molecule has 0 bridgehead atoms. The highest BCUT2D eigenvalue weighted by atomic mass is 16.4. The predicted molar refractivity (Wildman–Crippen MR) is 58.5 cm³/mol. The summed E-state index contributed by atoms with van der Waals surface area (Å²) in [6.45, 7) is 3.46. The lowest BCUT2D eigenvalue weighted by atomic mass is 9.81. The normalized spacial score (nSPS) is 20.7. The van der Waals surface area contributed by atoms with Crippen molar-refractivity contribution in [1.29, 1.82) is 0 Å². The summed E-state index contributed by atoms with van der Waals surface area (Å²) in [4.78, 5) is 45.7. The Bertz CT molecular complexity index is 394. The quantitative estimate of drug-likeness (QED) is 0.690. The van der Waals surface area contributed by atoms with Gasteiger partial charge in [0.05, 0.1) is 6.42 Å². The molecule has 1 heterocycles. The van der Waals surface area contributed by atoms with Crippen molar-refractivity contribution >= 4 is 23.8 Å². The van der Waals surface area contributed by atoms with E-state index in [0.29, 0.717) is 4.90 Å². The number of nitrogens with zero attached hydrogens (tertiary/aromatic N) is 1. The second-order valence-electron chi connectivity index (χ2n) is 5.13. The molecule has 7 nitrogen and oxygen atoms in total. The molecule has 1 unspecified atom stereocenters. The summed E-state index contributed by atoms with van der Waals surface area (Å²) in [6.07, 6.45) is -0.725. The first kappa shape index (κ1) is 14.1. The van der Waals surface area contributed by atoms with E-state index < -0.39 is 41.6 Å². The summed E-state index contributed by atoms with van der Waals surface area (Å²) in [5.41, 5.74) is -0.517. The molecule has 2 amide bonds. The summed E-state index contributed by atoms with van der Waals surface area (Å²) in [5, 5.41) is 17.6. The minimum atomic E-state index is -1.63. The number of hydrogen-bond acceptors (Lipinski definition) is 4. The lowest BCUT2D eigenvalue weighted by molar-refractivity contribution is -0.165. The number of piperidine rings is 1. The van der Waals surface area contributed by atoms with Crippen molar-refractivity contribution in [3.05, 3.63) is 0 Å². The number of hydrogen-bond donors (Lipinski definition) is 2. The van der Waals surface area contributed by atoms with Gasteiger partial charge >= 0.3 is 11.9 Å². The van der Waals surface area contributed by atoms with Gasteiger partial charge in [-0.3, -0.25) is 19.3 Å². The highest BCUT2D eigenvalue weighted by Gasteiger charge is 2.43. The highest BCUT2D eigenvalue weighted by Crippen LogP contribution is 2.32. The van der Waals surface area contributed by atoms with Crippen LogP contribution >= 0.6 is 0 Å². The minimum absolute atomic E-state index is 0.0299. The van der Waals surface area contributed by atoms with Gasteiger partial charge < -0.3 is 10.2 Å². The van der Waals surface area contributed by atoms with Crippen molar-refractivity contribution in [2.45, 2.75) is 39.2 Å². The van der Waals surface area contributed by atoms with Crippen molar-refractivity contribution in [3.63, 3.8) is 0 Å². The topological polar surface area (TPSA) is 112 Å². The molecule has 0 aliphatic carbocycles. The van der Waals surface area contributed by atoms with E-state index in [-0.39, 0.29) is 12.8 Å². The summed E-state index contributed by atoms with van der Waals surface area (Å²) >= 11 is 0. The summed E-state index contributed by atoms with van der Waals surface area (Å²) in [7, 11) is 0. The van der Waals surface area contributed by atoms with E-state index in [0.717, 1.165) is 0 Å². The van der Waals surface area contributed by atoms with Crippen LogP contribution in [0.1, 0.15) is 33.1 Å². The van der Waals surface area contributed by atoms with Crippen molar-refractivity contribution in [2.75, 3.05) is 0 Å². The van der Waals surface area contributed by atoms with Crippen LogP contribution in [0.5, 0.6) is 0 Å². The van der Waals surface area contributed by atoms with Crippen molar-refractivity contribution < 1.29 is 29.4 Å². The number of carboxylic acids is 2. The molecule has 1 rings (SSSR count). The van der Waals surface area contributed by atoms with E-state index in [9.17, 15) is 19.2 Å². The number of aliphatic carboxylic acids is 2. The number of amides is 2. The number of likely N-dealkylation sites (tertiary alicyclic amines) is 1. The zero-order valence-electron chi connectivity index (χ0n) is 10.2. The van der Waals surface area contributed by atoms with E-state index in [2.05, 4.69) is 0 Å². The van der Waals surface area contributed by atoms with Gasteiger partial charge in [-0.15, -0.1) is 0 Å². The Labute approximate surface area is 103 Å². The Morgan fingerprint density at radius 2 is 1.67 bits per heavy atom. The third-order valence-corrected chi connectivity index (χ3v) is 2.76. The van der Waals surface area contributed by atoms with Crippen LogP contribution in [0.4, 0.5) is 0 Å². The number of carbonyl (C=O) groups excluding carboxylic acids is 2. The molecule has 0 aromatic heterocycles. The van der Waals surface area contributed by atoms with Gasteiger partial charge in [0.1, 0.15) is 6.04 Å². The maximum atomic E-state index is 11.8. The van der Waals surface area contributed by atoms with E-state index >= 15 is 0 Å². The standard InChI is InChI=1S/C11H15NO6/c1-11(2)4-7(13)12(8(14)5-11)6(10(17)18)3-9(15)16/h6H,3-5H2,1-2H3,(H,15,16)(H,17,18). The largest absolute Gasteiger partial charge is 0.481 e. The summed E-state index contributed by atoms with van der Waals surface area (Å²) in [5.74, 6) is -4.12. The number of carboxylic acid groups (broad SMARTS) is 2. The maximum absolute atomic E-state index is 11.8. The Morgan fingerprint density at radius 1 is 1.22 bits per heavy atom. The van der Waals surface area contributed by atoms with Gasteiger partial charge in [0.15, 0.2) is 0 Å². The molecule has 2 N–H and O–H groups in total. The van der Waals surface area contributed by atoms with Crippen LogP contribution in [-0.2, 0) is 19.2 Å². The lowest BCUT2D eigenvalue weighted by Crippen LogP contribution is -2.54. The number of carbonyl (C=O) groups is 4. The summed E-state index contributed by atoms with van der Waals surface area (Å²) < 4.78 is 0. The molecule has 1 aliphatic heterocycles. The molecule has 0 spiro atoms. The molecule has 7 heteroatoms. The van der Waals surface area contributed by atoms with E-state index in [1.54, 1.807) is 13.8 Å². The van der Waals surface area contributed by atoms with Crippen LogP contribution in [0.15, 0.2) is 0 Å². The Kier molecular flexibility index (Phi) is 3.73. The Morgan fingerprint density at radius 3 is 2.00 bits per heavy atom. The van der Waals surface area contributed by atoms with Crippen LogP contribution in [0.25, 0.3) is 0 Å². The zero-order valence-corrected chi connectivity index (χ0v) is 10.2. The van der Waals surface area contributed by atoms with Gasteiger partial charge in [0.25, 0.3) is 0 Å². The third kappa shape index (κ3) is 3.06. The molecule has 100 valence electrons. The molecule has 1 fully saturated rings.